The zero-order chi connectivity index (χ0) is 22.5. The number of hydrogen-bond donors (Lipinski definition) is 1. The van der Waals surface area contributed by atoms with Crippen LogP contribution < -0.4 is 5.32 Å². The van der Waals surface area contributed by atoms with Gasteiger partial charge in [-0.15, -0.1) is 4.80 Å². The summed E-state index contributed by atoms with van der Waals surface area (Å²) in [4.78, 5) is 26.9. The summed E-state index contributed by atoms with van der Waals surface area (Å²) in [6.07, 6.45) is 5.34. The van der Waals surface area contributed by atoms with E-state index in [2.05, 4.69) is 38.4 Å². The molecule has 4 aromatic rings. The van der Waals surface area contributed by atoms with E-state index in [-0.39, 0.29) is 18.0 Å². The van der Waals surface area contributed by atoms with Crippen molar-refractivity contribution >= 4 is 32.6 Å². The molecule has 2 aliphatic heterocycles. The maximum absolute atomic E-state index is 14.0. The number of rotatable bonds is 5. The van der Waals surface area contributed by atoms with Gasteiger partial charge in [-0.25, -0.2) is 9.97 Å². The highest BCUT2D eigenvalue weighted by Crippen LogP contribution is 2.47. The van der Waals surface area contributed by atoms with Gasteiger partial charge in [-0.2, -0.15) is 10.2 Å². The molecule has 168 valence electrons. The van der Waals surface area contributed by atoms with Crippen molar-refractivity contribution in [2.75, 3.05) is 11.9 Å². The largest absolute Gasteiger partial charge is 0.359 e. The Morgan fingerprint density at radius 1 is 1.12 bits per heavy atom. The highest BCUT2D eigenvalue weighted by molar-refractivity contribution is 7.22. The molecular formula is C24H25N7OS. The quantitative estimate of drug-likeness (QED) is 0.486. The SMILES string of the molecule is Cc1ccc(-n2nccn2)c(C(=O)N2C3CC(C3)[C@H](C)[C@@H]2CNc2nc3ccccc3s2)n1. The van der Waals surface area contributed by atoms with Crippen molar-refractivity contribution in [3.63, 3.8) is 0 Å². The summed E-state index contributed by atoms with van der Waals surface area (Å²) in [5.41, 5.74) is 2.82. The van der Waals surface area contributed by atoms with Gasteiger partial charge in [-0.05, 0) is 55.9 Å². The Balaban J connectivity index is 1.31. The van der Waals surface area contributed by atoms with Gasteiger partial charge in [-0.3, -0.25) is 4.79 Å². The summed E-state index contributed by atoms with van der Waals surface area (Å²) in [6.45, 7) is 4.84. The van der Waals surface area contributed by atoms with Crippen LogP contribution in [-0.2, 0) is 0 Å². The standard InChI is InChI=1S/C24H25N7OS/c1-14-7-8-19(31-26-9-10-27-31)22(28-14)23(32)30-17-11-16(12-17)15(2)20(30)13-25-24-29-18-5-3-4-6-21(18)33-24/h3-10,15-17,20H,11-13H2,1-2H3,(H,25,29)/t15-,16?,17?,20-/m0/s1. The normalized spacial score (nSPS) is 24.0. The van der Waals surface area contributed by atoms with Crippen LogP contribution in [0.1, 0.15) is 35.9 Å². The molecule has 1 amide bonds. The van der Waals surface area contributed by atoms with Crippen LogP contribution in [0.2, 0.25) is 0 Å². The number of fused-ring (bicyclic) bond motifs is 3. The van der Waals surface area contributed by atoms with E-state index in [9.17, 15) is 4.79 Å². The van der Waals surface area contributed by atoms with E-state index in [1.54, 1.807) is 23.7 Å². The molecule has 8 nitrogen and oxygen atoms in total. The van der Waals surface area contributed by atoms with Gasteiger partial charge in [0, 0.05) is 18.3 Å². The first-order valence-corrected chi connectivity index (χ1v) is 12.2. The molecule has 5 heterocycles. The van der Waals surface area contributed by atoms with Crippen molar-refractivity contribution < 1.29 is 4.79 Å². The first kappa shape index (κ1) is 20.3. The molecule has 7 rings (SSSR count). The number of pyridine rings is 1. The monoisotopic (exact) mass is 459 g/mol. The highest BCUT2D eigenvalue weighted by atomic mass is 32.1. The molecule has 2 bridgehead atoms. The number of para-hydroxylation sites is 1. The molecule has 3 fully saturated rings. The summed E-state index contributed by atoms with van der Waals surface area (Å²) in [7, 11) is 0. The van der Waals surface area contributed by atoms with Gasteiger partial charge in [0.25, 0.3) is 5.91 Å². The Morgan fingerprint density at radius 3 is 2.70 bits per heavy atom. The Labute approximate surface area is 195 Å². The zero-order valence-electron chi connectivity index (χ0n) is 18.5. The number of thiazole rings is 1. The minimum atomic E-state index is -0.0444. The maximum atomic E-state index is 14.0. The second-order valence-corrected chi connectivity index (χ2v) is 10.1. The van der Waals surface area contributed by atoms with Crippen LogP contribution in [0.4, 0.5) is 5.13 Å². The third-order valence-electron chi connectivity index (χ3n) is 7.09. The number of anilines is 1. The molecule has 33 heavy (non-hydrogen) atoms. The number of aromatic nitrogens is 5. The number of hydrogen-bond acceptors (Lipinski definition) is 7. The fourth-order valence-electron chi connectivity index (χ4n) is 5.20. The number of aryl methyl sites for hydroxylation is 1. The molecular weight excluding hydrogens is 434 g/mol. The first-order valence-electron chi connectivity index (χ1n) is 11.3. The molecule has 0 spiro atoms. The lowest BCUT2D eigenvalue weighted by Gasteiger charge is -2.57. The van der Waals surface area contributed by atoms with Crippen LogP contribution >= 0.6 is 11.3 Å². The van der Waals surface area contributed by atoms with E-state index in [0.717, 1.165) is 33.9 Å². The molecule has 3 aliphatic rings. The van der Waals surface area contributed by atoms with Crippen molar-refractivity contribution in [3.05, 3.63) is 60.2 Å². The predicted octanol–water partition coefficient (Wildman–Crippen LogP) is 3.93. The smallest absolute Gasteiger partial charge is 0.275 e. The van der Waals surface area contributed by atoms with Crippen molar-refractivity contribution in [2.45, 2.75) is 38.8 Å². The molecule has 2 atom stereocenters. The van der Waals surface area contributed by atoms with Crippen LogP contribution in [0, 0.1) is 18.8 Å². The van der Waals surface area contributed by atoms with Crippen LogP contribution in [0.5, 0.6) is 0 Å². The number of benzene rings is 1. The maximum Gasteiger partial charge on any atom is 0.275 e. The summed E-state index contributed by atoms with van der Waals surface area (Å²) in [6, 6.07) is 12.2. The Morgan fingerprint density at radius 2 is 1.91 bits per heavy atom. The lowest BCUT2D eigenvalue weighted by atomic mass is 9.64. The fraction of sp³-hybridized carbons (Fsp3) is 0.375. The second-order valence-electron chi connectivity index (χ2n) is 9.03. The van der Waals surface area contributed by atoms with Gasteiger partial charge < -0.3 is 10.2 Å². The molecule has 1 aliphatic carbocycles. The summed E-state index contributed by atoms with van der Waals surface area (Å²) < 4.78 is 1.16. The molecule has 2 saturated heterocycles. The zero-order valence-corrected chi connectivity index (χ0v) is 19.4. The molecule has 1 aromatic carbocycles. The Bertz CT molecular complexity index is 1280. The number of nitrogens with zero attached hydrogens (tertiary/aromatic N) is 6. The van der Waals surface area contributed by atoms with Gasteiger partial charge in [0.2, 0.25) is 0 Å². The number of carbonyl (C=O) groups excluding carboxylic acids is 1. The van der Waals surface area contributed by atoms with E-state index in [1.807, 2.05) is 37.3 Å². The first-order chi connectivity index (χ1) is 16.1. The van der Waals surface area contributed by atoms with E-state index < -0.39 is 0 Å². The average Bonchev–Trinajstić information content (AvgIpc) is 3.46. The van der Waals surface area contributed by atoms with Crippen molar-refractivity contribution in [2.24, 2.45) is 11.8 Å². The van der Waals surface area contributed by atoms with E-state index in [1.165, 1.54) is 4.80 Å². The van der Waals surface area contributed by atoms with Gasteiger partial charge in [0.1, 0.15) is 5.69 Å². The predicted molar refractivity (Wildman–Crippen MR) is 128 cm³/mol. The second kappa shape index (κ2) is 7.91. The number of carbonyl (C=O) groups is 1. The summed E-state index contributed by atoms with van der Waals surface area (Å²) in [5.74, 6) is 1.02. The Kier molecular flexibility index (Phi) is 4.86. The third-order valence-corrected chi connectivity index (χ3v) is 8.09. The van der Waals surface area contributed by atoms with Gasteiger partial charge in [0.15, 0.2) is 10.8 Å². The third kappa shape index (κ3) is 3.47. The number of piperidine rings is 2. The van der Waals surface area contributed by atoms with E-state index in [4.69, 9.17) is 4.98 Å². The van der Waals surface area contributed by atoms with Crippen molar-refractivity contribution in [3.8, 4) is 5.69 Å². The lowest BCUT2D eigenvalue weighted by molar-refractivity contribution is -0.0505. The summed E-state index contributed by atoms with van der Waals surface area (Å²) in [5, 5.41) is 12.9. The molecule has 1 N–H and O–H groups in total. The molecule has 1 saturated carbocycles. The average molecular weight is 460 g/mol. The van der Waals surface area contributed by atoms with Crippen molar-refractivity contribution in [1.29, 1.82) is 0 Å². The molecule has 0 radical (unpaired) electrons. The topological polar surface area (TPSA) is 88.8 Å². The van der Waals surface area contributed by atoms with E-state index >= 15 is 0 Å². The van der Waals surface area contributed by atoms with Gasteiger partial charge in [0.05, 0.1) is 28.7 Å². The van der Waals surface area contributed by atoms with E-state index in [0.29, 0.717) is 29.8 Å². The molecule has 3 aromatic heterocycles. The van der Waals surface area contributed by atoms with Crippen LogP contribution in [0.15, 0.2) is 48.8 Å². The fourth-order valence-corrected chi connectivity index (χ4v) is 6.07. The molecule has 9 heteroatoms. The lowest BCUT2D eigenvalue weighted by Crippen LogP contribution is -2.64. The van der Waals surface area contributed by atoms with Gasteiger partial charge in [-0.1, -0.05) is 30.4 Å². The minimum Gasteiger partial charge on any atom is -0.359 e. The van der Waals surface area contributed by atoms with Gasteiger partial charge >= 0.3 is 0 Å². The molecule has 0 unspecified atom stereocenters. The summed E-state index contributed by atoms with van der Waals surface area (Å²) >= 11 is 1.65. The number of amides is 1. The van der Waals surface area contributed by atoms with Crippen molar-refractivity contribution in [1.82, 2.24) is 29.9 Å². The van der Waals surface area contributed by atoms with Crippen LogP contribution in [-0.4, -0.2) is 54.4 Å². The van der Waals surface area contributed by atoms with Crippen LogP contribution in [0.25, 0.3) is 15.9 Å². The number of nitrogens with one attached hydrogen (secondary N) is 1. The highest BCUT2D eigenvalue weighted by Gasteiger charge is 2.51. The minimum absolute atomic E-state index is 0.0444. The van der Waals surface area contributed by atoms with Crippen LogP contribution in [0.3, 0.4) is 0 Å². The Hall–Kier alpha value is -3.33.